The molecule has 0 heterocycles. The summed E-state index contributed by atoms with van der Waals surface area (Å²) in [6.07, 6.45) is 12.2. The van der Waals surface area contributed by atoms with Crippen LogP contribution in [0, 0.1) is 45.3 Å². The molecule has 0 aliphatic heterocycles. The van der Waals surface area contributed by atoms with Crippen LogP contribution in [0.3, 0.4) is 0 Å². The fourth-order valence-corrected chi connectivity index (χ4v) is 6.46. The van der Waals surface area contributed by atoms with E-state index in [-0.39, 0.29) is 0 Å². The molecule has 5 unspecified atom stereocenters. The van der Waals surface area contributed by atoms with E-state index >= 15 is 0 Å². The van der Waals surface area contributed by atoms with Gasteiger partial charge in [0.2, 0.25) is 0 Å². The standard InChI is InChI=1S/C31H64/c1-15-17-20-25(4)26(21-18-22-28(5,6)7)31(14,30(11,12)13)27(23-29(8,9)10)24(3)19-16-2/h24-27H,15-23H2,1-14H3. The molecule has 0 fully saturated rings. The maximum atomic E-state index is 2.72. The van der Waals surface area contributed by atoms with Gasteiger partial charge >= 0.3 is 0 Å². The van der Waals surface area contributed by atoms with Crippen LogP contribution in [0.15, 0.2) is 0 Å². The Morgan fingerprint density at radius 1 is 0.548 bits per heavy atom. The number of rotatable bonds is 13. The molecule has 0 radical (unpaired) electrons. The fourth-order valence-electron chi connectivity index (χ4n) is 6.46. The minimum absolute atomic E-state index is 0.303. The second-order valence-electron chi connectivity index (χ2n) is 14.8. The van der Waals surface area contributed by atoms with Crippen molar-refractivity contribution in [1.82, 2.24) is 0 Å². The lowest BCUT2D eigenvalue weighted by atomic mass is 9.47. The number of hydrogen-bond acceptors (Lipinski definition) is 0. The highest BCUT2D eigenvalue weighted by molar-refractivity contribution is 5.00. The van der Waals surface area contributed by atoms with Gasteiger partial charge in [-0.3, -0.25) is 0 Å². The van der Waals surface area contributed by atoms with Crippen LogP contribution in [0.2, 0.25) is 0 Å². The van der Waals surface area contributed by atoms with Crippen LogP contribution >= 0.6 is 0 Å². The molecule has 0 aliphatic rings. The average Bonchev–Trinajstić information content (AvgIpc) is 2.58. The Kier molecular flexibility index (Phi) is 12.5. The Morgan fingerprint density at radius 2 is 1.06 bits per heavy atom. The van der Waals surface area contributed by atoms with Crippen molar-refractivity contribution < 1.29 is 0 Å². The summed E-state index contributed by atoms with van der Waals surface area (Å²) >= 11 is 0. The molecule has 0 aromatic heterocycles. The molecule has 0 N–H and O–H groups in total. The van der Waals surface area contributed by atoms with Gasteiger partial charge in [0.15, 0.2) is 0 Å². The van der Waals surface area contributed by atoms with Gasteiger partial charge < -0.3 is 0 Å². The molecule has 0 amide bonds. The van der Waals surface area contributed by atoms with E-state index in [1.165, 1.54) is 57.8 Å². The molecular formula is C31H64. The zero-order chi connectivity index (χ0) is 24.7. The van der Waals surface area contributed by atoms with Crippen LogP contribution < -0.4 is 0 Å². The maximum absolute atomic E-state index is 2.72. The molecule has 0 aromatic carbocycles. The first-order chi connectivity index (χ1) is 13.9. The van der Waals surface area contributed by atoms with Gasteiger partial charge in [-0.15, -0.1) is 0 Å². The molecule has 0 heteroatoms. The van der Waals surface area contributed by atoms with Gasteiger partial charge in [0, 0.05) is 0 Å². The van der Waals surface area contributed by atoms with Crippen LogP contribution in [0.25, 0.3) is 0 Å². The van der Waals surface area contributed by atoms with Crippen molar-refractivity contribution in [2.24, 2.45) is 45.3 Å². The Labute approximate surface area is 200 Å². The molecule has 31 heavy (non-hydrogen) atoms. The van der Waals surface area contributed by atoms with Gasteiger partial charge in [-0.25, -0.2) is 0 Å². The van der Waals surface area contributed by atoms with Crippen LogP contribution in [0.1, 0.15) is 155 Å². The van der Waals surface area contributed by atoms with Crippen LogP contribution in [0.5, 0.6) is 0 Å². The molecule has 0 saturated heterocycles. The minimum Gasteiger partial charge on any atom is -0.0654 e. The third kappa shape index (κ3) is 10.2. The van der Waals surface area contributed by atoms with E-state index in [9.17, 15) is 0 Å². The van der Waals surface area contributed by atoms with Crippen molar-refractivity contribution in [3.05, 3.63) is 0 Å². The molecule has 0 aromatic rings. The van der Waals surface area contributed by atoms with Crippen LogP contribution in [-0.2, 0) is 0 Å². The highest BCUT2D eigenvalue weighted by Crippen LogP contribution is 2.59. The first kappa shape index (κ1) is 31.0. The SMILES string of the molecule is CCCCC(C)C(CCCC(C)(C)C)C(C)(C(CC(C)(C)C)C(C)CCC)C(C)(C)C. The number of hydrogen-bond donors (Lipinski definition) is 0. The Bertz CT molecular complexity index is 466. The Morgan fingerprint density at radius 3 is 1.45 bits per heavy atom. The van der Waals surface area contributed by atoms with E-state index in [1.807, 2.05) is 0 Å². The molecule has 0 bridgehead atoms. The summed E-state index contributed by atoms with van der Waals surface area (Å²) in [5.74, 6) is 3.17. The zero-order valence-corrected chi connectivity index (χ0v) is 24.7. The van der Waals surface area contributed by atoms with Gasteiger partial charge in [0.25, 0.3) is 0 Å². The highest BCUT2D eigenvalue weighted by atomic mass is 14.6. The lowest BCUT2D eigenvalue weighted by Crippen LogP contribution is -2.51. The monoisotopic (exact) mass is 437 g/mol. The predicted octanol–water partition coefficient (Wildman–Crippen LogP) is 11.2. The van der Waals surface area contributed by atoms with Crippen molar-refractivity contribution >= 4 is 0 Å². The summed E-state index contributed by atoms with van der Waals surface area (Å²) in [7, 11) is 0. The Hall–Kier alpha value is 0. The highest BCUT2D eigenvalue weighted by Gasteiger charge is 2.52. The Balaban J connectivity index is 6.38. The first-order valence-electron chi connectivity index (χ1n) is 13.9. The van der Waals surface area contributed by atoms with Crippen molar-refractivity contribution in [2.45, 2.75) is 155 Å². The fraction of sp³-hybridized carbons (Fsp3) is 1.00. The minimum atomic E-state index is 0.303. The summed E-state index contributed by atoms with van der Waals surface area (Å²) in [5.41, 5.74) is 1.47. The molecule has 0 spiro atoms. The zero-order valence-electron chi connectivity index (χ0n) is 24.7. The molecule has 0 rings (SSSR count). The first-order valence-corrected chi connectivity index (χ1v) is 13.9. The summed E-state index contributed by atoms with van der Waals surface area (Å²) in [4.78, 5) is 0. The van der Waals surface area contributed by atoms with Gasteiger partial charge in [0.05, 0.1) is 0 Å². The molecule has 188 valence electrons. The van der Waals surface area contributed by atoms with E-state index in [0.717, 1.165) is 23.7 Å². The topological polar surface area (TPSA) is 0 Å². The van der Waals surface area contributed by atoms with E-state index in [1.54, 1.807) is 0 Å². The van der Waals surface area contributed by atoms with Crippen LogP contribution in [0.4, 0.5) is 0 Å². The smallest absolute Gasteiger partial charge is 0.0215 e. The lowest BCUT2D eigenvalue weighted by Gasteiger charge is -2.58. The molecular weight excluding hydrogens is 372 g/mol. The average molecular weight is 437 g/mol. The largest absolute Gasteiger partial charge is 0.0654 e. The molecule has 0 saturated carbocycles. The molecule has 0 nitrogen and oxygen atoms in total. The van der Waals surface area contributed by atoms with Gasteiger partial charge in [-0.2, -0.15) is 0 Å². The van der Waals surface area contributed by atoms with E-state index in [4.69, 9.17) is 0 Å². The van der Waals surface area contributed by atoms with Gasteiger partial charge in [-0.1, -0.05) is 135 Å². The number of unbranched alkanes of at least 4 members (excludes halogenated alkanes) is 1. The summed E-state index contributed by atoms with van der Waals surface area (Å²) in [6.45, 7) is 35.0. The van der Waals surface area contributed by atoms with E-state index < -0.39 is 0 Å². The third-order valence-corrected chi connectivity index (χ3v) is 8.56. The summed E-state index contributed by atoms with van der Waals surface area (Å²) in [5, 5.41) is 0. The van der Waals surface area contributed by atoms with Crippen molar-refractivity contribution in [3.63, 3.8) is 0 Å². The summed E-state index contributed by atoms with van der Waals surface area (Å²) in [6, 6.07) is 0. The second kappa shape index (κ2) is 12.5. The third-order valence-electron chi connectivity index (χ3n) is 8.56. The van der Waals surface area contributed by atoms with Crippen molar-refractivity contribution in [3.8, 4) is 0 Å². The molecule has 0 aliphatic carbocycles. The lowest BCUT2D eigenvalue weighted by molar-refractivity contribution is -0.0901. The normalized spacial score (nSPS) is 19.5. The van der Waals surface area contributed by atoms with Crippen molar-refractivity contribution in [2.75, 3.05) is 0 Å². The van der Waals surface area contributed by atoms with Crippen LogP contribution in [-0.4, -0.2) is 0 Å². The van der Waals surface area contributed by atoms with E-state index in [0.29, 0.717) is 21.7 Å². The second-order valence-corrected chi connectivity index (χ2v) is 14.8. The van der Waals surface area contributed by atoms with Gasteiger partial charge in [0.1, 0.15) is 0 Å². The van der Waals surface area contributed by atoms with E-state index in [2.05, 4.69) is 96.9 Å². The van der Waals surface area contributed by atoms with Crippen molar-refractivity contribution in [1.29, 1.82) is 0 Å². The van der Waals surface area contributed by atoms with Gasteiger partial charge in [-0.05, 0) is 64.6 Å². The maximum Gasteiger partial charge on any atom is -0.0215 e. The predicted molar refractivity (Wildman–Crippen MR) is 145 cm³/mol. The quantitative estimate of drug-likeness (QED) is 0.269. The summed E-state index contributed by atoms with van der Waals surface area (Å²) < 4.78 is 0. The molecule has 5 atom stereocenters.